The number of hydrogen-bond acceptors (Lipinski definition) is 6. The summed E-state index contributed by atoms with van der Waals surface area (Å²) in [5.74, 6) is 3.10. The normalized spacial score (nSPS) is 10.7. The Balaban J connectivity index is 1.86. The van der Waals surface area contributed by atoms with Crippen LogP contribution in [0.4, 0.5) is 11.5 Å². The molecule has 0 fully saturated rings. The lowest BCUT2D eigenvalue weighted by Gasteiger charge is -2.20. The Hall–Kier alpha value is -3.38. The summed E-state index contributed by atoms with van der Waals surface area (Å²) in [6.45, 7) is 2.42. The van der Waals surface area contributed by atoms with Crippen LogP contribution in [0, 0.1) is 22.5 Å². The number of aryl methyl sites for hydroxylation is 1. The quantitative estimate of drug-likeness (QED) is 0.363. The zero-order valence-electron chi connectivity index (χ0n) is 16.6. The van der Waals surface area contributed by atoms with Gasteiger partial charge in [-0.1, -0.05) is 18.1 Å². The third-order valence-corrected chi connectivity index (χ3v) is 4.66. The number of hydrogen-bond donors (Lipinski definition) is 1. The van der Waals surface area contributed by atoms with E-state index in [1.54, 1.807) is 19.2 Å². The SMILES string of the molecule is C#CCN(CCCc1ccc([N+](=O)[O-])cc1)CCNc1cc(=O)n(C)c(=O)n1C. The molecule has 0 aliphatic rings. The number of benzene rings is 1. The fourth-order valence-electron chi connectivity index (χ4n) is 2.93. The molecular weight excluding hydrogens is 374 g/mol. The van der Waals surface area contributed by atoms with Gasteiger partial charge in [-0.15, -0.1) is 6.42 Å². The second-order valence-corrected chi connectivity index (χ2v) is 6.70. The van der Waals surface area contributed by atoms with Crippen molar-refractivity contribution >= 4 is 11.5 Å². The van der Waals surface area contributed by atoms with Crippen molar-refractivity contribution in [1.29, 1.82) is 0 Å². The van der Waals surface area contributed by atoms with Crippen molar-refractivity contribution in [3.63, 3.8) is 0 Å². The first-order valence-electron chi connectivity index (χ1n) is 9.23. The lowest BCUT2D eigenvalue weighted by atomic mass is 10.1. The Morgan fingerprint density at radius 3 is 2.48 bits per heavy atom. The molecule has 9 heteroatoms. The average Bonchev–Trinajstić information content (AvgIpc) is 2.70. The highest BCUT2D eigenvalue weighted by Crippen LogP contribution is 2.13. The van der Waals surface area contributed by atoms with Gasteiger partial charge in [0.15, 0.2) is 0 Å². The maximum absolute atomic E-state index is 12.0. The van der Waals surface area contributed by atoms with Crippen LogP contribution in [-0.2, 0) is 20.5 Å². The van der Waals surface area contributed by atoms with Gasteiger partial charge >= 0.3 is 5.69 Å². The van der Waals surface area contributed by atoms with Crippen molar-refractivity contribution in [3.05, 3.63) is 66.8 Å². The highest BCUT2D eigenvalue weighted by molar-refractivity contribution is 5.34. The first-order chi connectivity index (χ1) is 13.8. The molecule has 0 spiro atoms. The first kappa shape index (κ1) is 21.9. The molecule has 154 valence electrons. The standard InChI is InChI=1S/C20H25N5O4/c1-4-12-24(13-5-6-16-7-9-17(10-8-16)25(28)29)14-11-21-18-15-19(26)23(3)20(27)22(18)2/h1,7-10,15,21H,5-6,11-14H2,2-3H3. The van der Waals surface area contributed by atoms with Crippen LogP contribution in [0.5, 0.6) is 0 Å². The van der Waals surface area contributed by atoms with E-state index < -0.39 is 4.92 Å². The van der Waals surface area contributed by atoms with E-state index in [1.807, 2.05) is 0 Å². The van der Waals surface area contributed by atoms with Gasteiger partial charge < -0.3 is 5.32 Å². The summed E-state index contributed by atoms with van der Waals surface area (Å²) in [6, 6.07) is 7.94. The van der Waals surface area contributed by atoms with Gasteiger partial charge in [-0.25, -0.2) is 4.79 Å². The number of non-ortho nitro benzene ring substituents is 1. The number of nitrogens with one attached hydrogen (secondary N) is 1. The minimum atomic E-state index is -0.413. The Morgan fingerprint density at radius 1 is 1.17 bits per heavy atom. The van der Waals surface area contributed by atoms with Gasteiger partial charge in [0.25, 0.3) is 11.2 Å². The van der Waals surface area contributed by atoms with Crippen molar-refractivity contribution in [1.82, 2.24) is 14.0 Å². The van der Waals surface area contributed by atoms with E-state index in [4.69, 9.17) is 6.42 Å². The maximum atomic E-state index is 12.0. The van der Waals surface area contributed by atoms with E-state index in [9.17, 15) is 19.7 Å². The van der Waals surface area contributed by atoms with Crippen LogP contribution in [0.25, 0.3) is 0 Å². The topological polar surface area (TPSA) is 102 Å². The van der Waals surface area contributed by atoms with Gasteiger partial charge in [-0.2, -0.15) is 0 Å². The zero-order valence-corrected chi connectivity index (χ0v) is 16.6. The van der Waals surface area contributed by atoms with E-state index in [-0.39, 0.29) is 16.9 Å². The maximum Gasteiger partial charge on any atom is 0.332 e. The summed E-state index contributed by atoms with van der Waals surface area (Å²) in [4.78, 5) is 36.1. The molecule has 0 bridgehead atoms. The molecule has 1 aromatic carbocycles. The number of nitro groups is 1. The Labute approximate surface area is 168 Å². The van der Waals surface area contributed by atoms with Crippen molar-refractivity contribution < 1.29 is 4.92 Å². The zero-order chi connectivity index (χ0) is 21.4. The molecule has 0 aliphatic carbocycles. The van der Waals surface area contributed by atoms with Crippen LogP contribution in [0.3, 0.4) is 0 Å². The van der Waals surface area contributed by atoms with Crippen LogP contribution in [0.2, 0.25) is 0 Å². The summed E-state index contributed by atoms with van der Waals surface area (Å²) in [6.07, 6.45) is 7.09. The van der Waals surface area contributed by atoms with Crippen LogP contribution in [0.15, 0.2) is 39.9 Å². The molecule has 2 aromatic rings. The summed E-state index contributed by atoms with van der Waals surface area (Å²) in [5, 5.41) is 13.8. The minimum Gasteiger partial charge on any atom is -0.370 e. The van der Waals surface area contributed by atoms with Crippen LogP contribution < -0.4 is 16.6 Å². The fraction of sp³-hybridized carbons (Fsp3) is 0.400. The average molecular weight is 399 g/mol. The van der Waals surface area contributed by atoms with Gasteiger partial charge in [0.2, 0.25) is 0 Å². The van der Waals surface area contributed by atoms with Crippen molar-refractivity contribution in [2.75, 3.05) is 31.5 Å². The Bertz CT molecular complexity index is 1000. The number of nitrogens with zero attached hydrogens (tertiary/aromatic N) is 4. The molecular formula is C20H25N5O4. The second kappa shape index (κ2) is 10.2. The number of anilines is 1. The number of nitro benzene ring substituents is 1. The molecule has 0 unspecified atom stereocenters. The third-order valence-electron chi connectivity index (χ3n) is 4.66. The molecule has 0 atom stereocenters. The summed E-state index contributed by atoms with van der Waals surface area (Å²) < 4.78 is 2.44. The number of rotatable bonds is 10. The molecule has 1 N–H and O–H groups in total. The van der Waals surface area contributed by atoms with E-state index in [0.29, 0.717) is 25.5 Å². The summed E-state index contributed by atoms with van der Waals surface area (Å²) in [7, 11) is 3.04. The highest BCUT2D eigenvalue weighted by Gasteiger charge is 2.08. The highest BCUT2D eigenvalue weighted by atomic mass is 16.6. The number of terminal acetylenes is 1. The minimum absolute atomic E-state index is 0.0823. The van der Waals surface area contributed by atoms with Gasteiger partial charge in [0, 0.05) is 45.4 Å². The monoisotopic (exact) mass is 399 g/mol. The van der Waals surface area contributed by atoms with E-state index in [1.165, 1.54) is 29.8 Å². The molecule has 1 heterocycles. The molecule has 0 radical (unpaired) electrons. The Morgan fingerprint density at radius 2 is 1.86 bits per heavy atom. The Kier molecular flexibility index (Phi) is 7.74. The lowest BCUT2D eigenvalue weighted by molar-refractivity contribution is -0.384. The van der Waals surface area contributed by atoms with Gasteiger partial charge in [-0.3, -0.25) is 28.9 Å². The van der Waals surface area contributed by atoms with E-state index in [2.05, 4.69) is 16.1 Å². The number of aromatic nitrogens is 2. The molecule has 29 heavy (non-hydrogen) atoms. The summed E-state index contributed by atoms with van der Waals surface area (Å²) >= 11 is 0. The van der Waals surface area contributed by atoms with Crippen LogP contribution >= 0.6 is 0 Å². The van der Waals surface area contributed by atoms with Gasteiger partial charge in [0.1, 0.15) is 5.82 Å². The van der Waals surface area contributed by atoms with E-state index in [0.717, 1.165) is 29.5 Å². The van der Waals surface area contributed by atoms with Crippen molar-refractivity contribution in [2.24, 2.45) is 14.1 Å². The van der Waals surface area contributed by atoms with Gasteiger partial charge in [0.05, 0.1) is 11.5 Å². The third kappa shape index (κ3) is 6.05. The van der Waals surface area contributed by atoms with E-state index >= 15 is 0 Å². The molecule has 2 rings (SSSR count). The predicted octanol–water partition coefficient (Wildman–Crippen LogP) is 0.972. The molecule has 0 saturated heterocycles. The van der Waals surface area contributed by atoms with Crippen molar-refractivity contribution in [3.8, 4) is 12.3 Å². The molecule has 0 saturated carbocycles. The second-order valence-electron chi connectivity index (χ2n) is 6.70. The molecule has 1 aromatic heterocycles. The molecule has 0 amide bonds. The smallest absolute Gasteiger partial charge is 0.332 e. The lowest BCUT2D eigenvalue weighted by Crippen LogP contribution is -2.38. The first-order valence-corrected chi connectivity index (χ1v) is 9.23. The van der Waals surface area contributed by atoms with Gasteiger partial charge in [-0.05, 0) is 24.9 Å². The molecule has 0 aliphatic heterocycles. The predicted molar refractivity (Wildman–Crippen MR) is 112 cm³/mol. The molecule has 9 nitrogen and oxygen atoms in total. The fourth-order valence-corrected chi connectivity index (χ4v) is 2.93. The van der Waals surface area contributed by atoms with Crippen molar-refractivity contribution in [2.45, 2.75) is 12.8 Å². The summed E-state index contributed by atoms with van der Waals surface area (Å²) in [5.41, 5.74) is 0.367. The van der Waals surface area contributed by atoms with Crippen LogP contribution in [-0.4, -0.2) is 45.1 Å². The van der Waals surface area contributed by atoms with Crippen LogP contribution in [0.1, 0.15) is 12.0 Å². The largest absolute Gasteiger partial charge is 0.370 e.